The van der Waals surface area contributed by atoms with E-state index in [4.69, 9.17) is 4.98 Å². The number of fused-ring (bicyclic) bond motifs is 4. The molecule has 1 N–H and O–H groups in total. The standard InChI is InChI=1S/C22H21FN4/c23-15-5-6-20-16(11-15)17-12-26-9-7-14(8-10-26)22(17)27(20)13-21-24-18-3-1-2-4-19(18)25-21/h1-6,11,14H,7-10,12-13H2,(H,24,25). The lowest BCUT2D eigenvalue weighted by molar-refractivity contribution is 0.219. The minimum absolute atomic E-state index is 0.155. The van der Waals surface area contributed by atoms with Gasteiger partial charge in [-0.1, -0.05) is 12.1 Å². The highest BCUT2D eigenvalue weighted by molar-refractivity contribution is 5.86. The third kappa shape index (κ3) is 2.34. The van der Waals surface area contributed by atoms with Gasteiger partial charge in [-0.25, -0.2) is 9.37 Å². The lowest BCUT2D eigenvalue weighted by atomic mass is 9.94. The van der Waals surface area contributed by atoms with Crippen molar-refractivity contribution < 1.29 is 4.39 Å². The van der Waals surface area contributed by atoms with Gasteiger partial charge in [0.2, 0.25) is 0 Å². The van der Waals surface area contributed by atoms with Crippen LogP contribution >= 0.6 is 0 Å². The Kier molecular flexibility index (Phi) is 3.23. The normalized spacial score (nSPS) is 21.7. The first-order valence-corrected chi connectivity index (χ1v) is 9.73. The Morgan fingerprint density at radius 2 is 1.96 bits per heavy atom. The molecule has 1 fully saturated rings. The molecule has 0 saturated carbocycles. The van der Waals surface area contributed by atoms with Gasteiger partial charge < -0.3 is 9.55 Å². The molecule has 3 aliphatic rings. The number of halogens is 1. The summed E-state index contributed by atoms with van der Waals surface area (Å²) < 4.78 is 16.4. The zero-order chi connectivity index (χ0) is 18.0. The molecule has 0 radical (unpaired) electrons. The number of imidazole rings is 1. The summed E-state index contributed by atoms with van der Waals surface area (Å²) in [6.07, 6.45) is 2.37. The third-order valence-electron chi connectivity index (χ3n) is 6.28. The van der Waals surface area contributed by atoms with Crippen LogP contribution in [0.4, 0.5) is 4.39 Å². The molecule has 0 unspecified atom stereocenters. The van der Waals surface area contributed by atoms with Gasteiger partial charge in [0.25, 0.3) is 0 Å². The maximum atomic E-state index is 14.1. The van der Waals surface area contributed by atoms with Gasteiger partial charge in [-0.3, -0.25) is 4.90 Å². The fourth-order valence-corrected chi connectivity index (χ4v) is 5.04. The number of H-pyrrole nitrogens is 1. The van der Waals surface area contributed by atoms with E-state index in [1.165, 1.54) is 24.1 Å². The van der Waals surface area contributed by atoms with Crippen LogP contribution in [0.1, 0.15) is 35.8 Å². The molecule has 0 amide bonds. The van der Waals surface area contributed by atoms with Crippen molar-refractivity contribution in [3.8, 4) is 0 Å². The van der Waals surface area contributed by atoms with E-state index < -0.39 is 0 Å². The number of rotatable bonds is 2. The molecule has 5 heteroatoms. The van der Waals surface area contributed by atoms with Crippen LogP contribution in [-0.2, 0) is 13.1 Å². The summed E-state index contributed by atoms with van der Waals surface area (Å²) in [5.41, 5.74) is 5.90. The summed E-state index contributed by atoms with van der Waals surface area (Å²) in [6.45, 7) is 3.91. The Labute approximate surface area is 156 Å². The molecule has 5 heterocycles. The largest absolute Gasteiger partial charge is 0.340 e. The molecule has 3 aliphatic heterocycles. The first-order chi connectivity index (χ1) is 13.3. The Bertz CT molecular complexity index is 1130. The second-order valence-corrected chi connectivity index (χ2v) is 7.86. The van der Waals surface area contributed by atoms with E-state index in [9.17, 15) is 4.39 Å². The molecular weight excluding hydrogens is 339 g/mol. The SMILES string of the molecule is Fc1ccc2c(c1)c1c(n2Cc2nc3ccccc3[nH]2)C2CCN(CC2)C1. The highest BCUT2D eigenvalue weighted by Gasteiger charge is 2.33. The second kappa shape index (κ2) is 5.67. The number of aromatic amines is 1. The Balaban J connectivity index is 1.56. The van der Waals surface area contributed by atoms with Crippen molar-refractivity contribution in [2.75, 3.05) is 13.1 Å². The molecule has 0 aliphatic carbocycles. The van der Waals surface area contributed by atoms with E-state index in [1.54, 1.807) is 12.1 Å². The van der Waals surface area contributed by atoms with Crippen molar-refractivity contribution in [2.24, 2.45) is 0 Å². The molecule has 4 aromatic rings. The van der Waals surface area contributed by atoms with Crippen molar-refractivity contribution >= 4 is 21.9 Å². The predicted octanol–water partition coefficient (Wildman–Crippen LogP) is 4.40. The van der Waals surface area contributed by atoms with Crippen LogP contribution < -0.4 is 0 Å². The molecule has 2 aromatic heterocycles. The van der Waals surface area contributed by atoms with Crippen LogP contribution in [0.25, 0.3) is 21.9 Å². The first-order valence-electron chi connectivity index (χ1n) is 9.73. The van der Waals surface area contributed by atoms with Gasteiger partial charge >= 0.3 is 0 Å². The third-order valence-corrected chi connectivity index (χ3v) is 6.28. The average molecular weight is 360 g/mol. The number of hydrogen-bond acceptors (Lipinski definition) is 2. The number of nitrogens with zero attached hydrogens (tertiary/aromatic N) is 3. The van der Waals surface area contributed by atoms with Crippen molar-refractivity contribution in [3.63, 3.8) is 0 Å². The van der Waals surface area contributed by atoms with E-state index in [0.29, 0.717) is 12.5 Å². The van der Waals surface area contributed by atoms with Gasteiger partial charge in [0, 0.05) is 29.1 Å². The van der Waals surface area contributed by atoms with Crippen molar-refractivity contribution in [1.29, 1.82) is 0 Å². The number of benzene rings is 2. The van der Waals surface area contributed by atoms with Gasteiger partial charge in [0.15, 0.2) is 0 Å². The Hall–Kier alpha value is -2.66. The summed E-state index contributed by atoms with van der Waals surface area (Å²) in [6, 6.07) is 13.4. The second-order valence-electron chi connectivity index (χ2n) is 7.86. The molecule has 1 saturated heterocycles. The maximum absolute atomic E-state index is 14.1. The monoisotopic (exact) mass is 360 g/mol. The van der Waals surface area contributed by atoms with E-state index in [1.807, 2.05) is 24.3 Å². The number of para-hydroxylation sites is 2. The van der Waals surface area contributed by atoms with Gasteiger partial charge in [-0.15, -0.1) is 0 Å². The average Bonchev–Trinajstić information content (AvgIpc) is 3.08. The van der Waals surface area contributed by atoms with Crippen LogP contribution in [0.2, 0.25) is 0 Å². The lowest BCUT2D eigenvalue weighted by Crippen LogP contribution is -2.29. The Morgan fingerprint density at radius 3 is 2.81 bits per heavy atom. The molecular formula is C22H21FN4. The smallest absolute Gasteiger partial charge is 0.127 e. The van der Waals surface area contributed by atoms with Crippen LogP contribution in [0, 0.1) is 5.82 Å². The molecule has 2 bridgehead atoms. The highest BCUT2D eigenvalue weighted by Crippen LogP contribution is 2.41. The van der Waals surface area contributed by atoms with E-state index in [-0.39, 0.29) is 5.82 Å². The van der Waals surface area contributed by atoms with Crippen molar-refractivity contribution in [3.05, 3.63) is 65.4 Å². The minimum Gasteiger partial charge on any atom is -0.340 e. The van der Waals surface area contributed by atoms with E-state index >= 15 is 0 Å². The summed E-state index contributed by atoms with van der Waals surface area (Å²) in [5, 5.41) is 1.07. The summed E-state index contributed by atoms with van der Waals surface area (Å²) in [7, 11) is 0. The minimum atomic E-state index is -0.155. The molecule has 136 valence electrons. The number of piperidine rings is 1. The summed E-state index contributed by atoms with van der Waals surface area (Å²) in [5.74, 6) is 1.36. The molecule has 2 aromatic carbocycles. The molecule has 7 rings (SSSR count). The summed E-state index contributed by atoms with van der Waals surface area (Å²) in [4.78, 5) is 10.8. The molecule has 0 atom stereocenters. The Morgan fingerprint density at radius 1 is 1.11 bits per heavy atom. The van der Waals surface area contributed by atoms with Gasteiger partial charge in [-0.05, 0) is 61.8 Å². The van der Waals surface area contributed by atoms with Crippen molar-refractivity contribution in [2.45, 2.75) is 31.8 Å². The van der Waals surface area contributed by atoms with Gasteiger partial charge in [0.05, 0.1) is 17.6 Å². The number of nitrogens with one attached hydrogen (secondary N) is 1. The van der Waals surface area contributed by atoms with Gasteiger partial charge in [0.1, 0.15) is 11.6 Å². The van der Waals surface area contributed by atoms with Crippen molar-refractivity contribution in [1.82, 2.24) is 19.4 Å². The lowest BCUT2D eigenvalue weighted by Gasteiger charge is -2.27. The summed E-state index contributed by atoms with van der Waals surface area (Å²) >= 11 is 0. The zero-order valence-electron chi connectivity index (χ0n) is 15.1. The van der Waals surface area contributed by atoms with Gasteiger partial charge in [-0.2, -0.15) is 0 Å². The molecule has 4 nitrogen and oxygen atoms in total. The number of hydrogen-bond donors (Lipinski definition) is 1. The zero-order valence-corrected chi connectivity index (χ0v) is 15.1. The first kappa shape index (κ1) is 15.4. The van der Waals surface area contributed by atoms with E-state index in [0.717, 1.165) is 47.4 Å². The number of aromatic nitrogens is 3. The van der Waals surface area contributed by atoms with E-state index in [2.05, 4.69) is 20.5 Å². The van der Waals surface area contributed by atoms with Crippen LogP contribution in [0.15, 0.2) is 42.5 Å². The fraction of sp³-hybridized carbons (Fsp3) is 0.318. The predicted molar refractivity (Wildman–Crippen MR) is 104 cm³/mol. The molecule has 0 spiro atoms. The van der Waals surface area contributed by atoms with Crippen LogP contribution in [0.5, 0.6) is 0 Å². The topological polar surface area (TPSA) is 36.9 Å². The highest BCUT2D eigenvalue weighted by atomic mass is 19.1. The quantitative estimate of drug-likeness (QED) is 0.575. The maximum Gasteiger partial charge on any atom is 0.127 e. The molecule has 27 heavy (non-hydrogen) atoms. The fourth-order valence-electron chi connectivity index (χ4n) is 5.04. The van der Waals surface area contributed by atoms with Crippen LogP contribution in [0.3, 0.4) is 0 Å². The van der Waals surface area contributed by atoms with Crippen LogP contribution in [-0.4, -0.2) is 32.5 Å².